The van der Waals surface area contributed by atoms with E-state index in [9.17, 15) is 5.26 Å². The average molecular weight is 316 g/mol. The largest absolute Gasteiger partial charge is 0.454 e. The molecule has 0 saturated heterocycles. The Labute approximate surface area is 138 Å². The Kier molecular flexibility index (Phi) is 3.45. The van der Waals surface area contributed by atoms with Crippen LogP contribution in [0.2, 0.25) is 0 Å². The molecule has 0 unspecified atom stereocenters. The summed E-state index contributed by atoms with van der Waals surface area (Å²) in [7, 11) is 0. The number of rotatable bonds is 3. The molecular formula is C18H12N4O2. The van der Waals surface area contributed by atoms with Crippen LogP contribution in [0.25, 0.3) is 17.8 Å². The van der Waals surface area contributed by atoms with Crippen LogP contribution in [-0.2, 0) is 0 Å². The van der Waals surface area contributed by atoms with Gasteiger partial charge in [0.1, 0.15) is 11.8 Å². The molecule has 2 heterocycles. The van der Waals surface area contributed by atoms with Crippen molar-refractivity contribution in [3.05, 3.63) is 65.5 Å². The van der Waals surface area contributed by atoms with Gasteiger partial charge in [-0.05, 0) is 23.8 Å². The fraction of sp³-hybridized carbons (Fsp3) is 0.0556. The second kappa shape index (κ2) is 5.89. The van der Waals surface area contributed by atoms with E-state index >= 15 is 0 Å². The highest BCUT2D eigenvalue weighted by molar-refractivity contribution is 5.71. The van der Waals surface area contributed by atoms with Crippen molar-refractivity contribution in [1.82, 2.24) is 15.0 Å². The molecular weight excluding hydrogens is 304 g/mol. The summed E-state index contributed by atoms with van der Waals surface area (Å²) in [6.45, 7) is 0.209. The fourth-order valence-corrected chi connectivity index (χ4v) is 2.47. The number of fused-ring (bicyclic) bond motifs is 1. The predicted octanol–water partition coefficient (Wildman–Crippen LogP) is 3.04. The van der Waals surface area contributed by atoms with Crippen LogP contribution in [0.3, 0.4) is 0 Å². The lowest BCUT2D eigenvalue weighted by atomic mass is 10.2. The van der Waals surface area contributed by atoms with Gasteiger partial charge in [0.15, 0.2) is 17.2 Å². The van der Waals surface area contributed by atoms with E-state index < -0.39 is 0 Å². The Morgan fingerprint density at radius 1 is 1.04 bits per heavy atom. The number of hydrogen-bond donors (Lipinski definition) is 0. The summed E-state index contributed by atoms with van der Waals surface area (Å²) in [5, 5.41) is 17.3. The van der Waals surface area contributed by atoms with Gasteiger partial charge in [-0.2, -0.15) is 5.26 Å². The topological polar surface area (TPSA) is 73.0 Å². The summed E-state index contributed by atoms with van der Waals surface area (Å²) in [5.41, 5.74) is 2.65. The van der Waals surface area contributed by atoms with Crippen molar-refractivity contribution in [2.24, 2.45) is 0 Å². The molecule has 1 aromatic heterocycles. The van der Waals surface area contributed by atoms with Gasteiger partial charge in [-0.25, -0.2) is 4.68 Å². The number of nitriles is 1. The first kappa shape index (κ1) is 14.0. The zero-order chi connectivity index (χ0) is 16.4. The van der Waals surface area contributed by atoms with Gasteiger partial charge in [-0.1, -0.05) is 41.6 Å². The van der Waals surface area contributed by atoms with Crippen LogP contribution in [0.5, 0.6) is 11.5 Å². The van der Waals surface area contributed by atoms with Crippen LogP contribution in [0.1, 0.15) is 17.0 Å². The Morgan fingerprint density at radius 3 is 2.71 bits per heavy atom. The van der Waals surface area contributed by atoms with Crippen LogP contribution in [-0.4, -0.2) is 21.8 Å². The van der Waals surface area contributed by atoms with Gasteiger partial charge in [0.25, 0.3) is 0 Å². The lowest BCUT2D eigenvalue weighted by molar-refractivity contribution is 0.174. The molecule has 0 bridgehead atoms. The zero-order valence-electron chi connectivity index (χ0n) is 12.6. The normalized spacial score (nSPS) is 12.5. The summed E-state index contributed by atoms with van der Waals surface area (Å²) >= 11 is 0. The highest BCUT2D eigenvalue weighted by Gasteiger charge is 2.17. The first-order valence-electron chi connectivity index (χ1n) is 7.34. The molecule has 1 aliphatic rings. The second-order valence-electron chi connectivity index (χ2n) is 5.13. The first-order chi connectivity index (χ1) is 11.8. The molecule has 2 aromatic carbocycles. The number of benzene rings is 2. The van der Waals surface area contributed by atoms with Crippen LogP contribution in [0.15, 0.2) is 48.5 Å². The predicted molar refractivity (Wildman–Crippen MR) is 87.6 cm³/mol. The van der Waals surface area contributed by atoms with Gasteiger partial charge in [0.2, 0.25) is 6.79 Å². The molecule has 6 nitrogen and oxygen atoms in total. The summed E-state index contributed by atoms with van der Waals surface area (Å²) < 4.78 is 12.3. The Bertz CT molecular complexity index is 955. The van der Waals surface area contributed by atoms with Crippen molar-refractivity contribution >= 4 is 12.2 Å². The summed E-state index contributed by atoms with van der Waals surface area (Å²) in [4.78, 5) is 0. The molecule has 0 aliphatic carbocycles. The Balaban J connectivity index is 1.76. The maximum absolute atomic E-state index is 9.29. The first-order valence-corrected chi connectivity index (χ1v) is 7.34. The molecule has 4 rings (SSSR count). The van der Waals surface area contributed by atoms with E-state index in [0.29, 0.717) is 17.2 Å². The van der Waals surface area contributed by atoms with Crippen molar-refractivity contribution in [2.75, 3.05) is 6.79 Å². The third-order valence-corrected chi connectivity index (χ3v) is 3.64. The van der Waals surface area contributed by atoms with Gasteiger partial charge in [0.05, 0.1) is 5.69 Å². The van der Waals surface area contributed by atoms with E-state index in [1.807, 2.05) is 60.7 Å². The molecule has 116 valence electrons. The Morgan fingerprint density at radius 2 is 1.88 bits per heavy atom. The minimum absolute atomic E-state index is 0.209. The van der Waals surface area contributed by atoms with Crippen molar-refractivity contribution in [1.29, 1.82) is 5.26 Å². The van der Waals surface area contributed by atoms with Crippen molar-refractivity contribution < 1.29 is 9.47 Å². The van der Waals surface area contributed by atoms with Gasteiger partial charge in [-0.3, -0.25) is 0 Å². The molecule has 3 aromatic rings. The molecule has 0 radical (unpaired) electrons. The number of ether oxygens (including phenoxy) is 2. The smallest absolute Gasteiger partial charge is 0.231 e. The molecule has 1 aliphatic heterocycles. The number of nitrogens with zero attached hydrogens (tertiary/aromatic N) is 4. The number of hydrogen-bond acceptors (Lipinski definition) is 5. The lowest BCUT2D eigenvalue weighted by Gasteiger charge is -2.04. The minimum atomic E-state index is 0.209. The van der Waals surface area contributed by atoms with Gasteiger partial charge >= 0.3 is 0 Å². The highest BCUT2D eigenvalue weighted by Crippen LogP contribution is 2.34. The second-order valence-corrected chi connectivity index (χ2v) is 5.13. The summed E-state index contributed by atoms with van der Waals surface area (Å²) in [6.07, 6.45) is 3.75. The van der Waals surface area contributed by atoms with E-state index in [-0.39, 0.29) is 12.5 Å². The molecule has 0 amide bonds. The van der Waals surface area contributed by atoms with E-state index in [0.717, 1.165) is 11.3 Å². The van der Waals surface area contributed by atoms with Crippen molar-refractivity contribution in [3.8, 4) is 23.3 Å². The van der Waals surface area contributed by atoms with E-state index in [4.69, 9.17) is 9.47 Å². The van der Waals surface area contributed by atoms with Gasteiger partial charge in [0, 0.05) is 6.07 Å². The summed E-state index contributed by atoms with van der Waals surface area (Å²) in [5.74, 6) is 1.35. The number of aromatic nitrogens is 3. The molecule has 6 heteroatoms. The van der Waals surface area contributed by atoms with Crippen LogP contribution >= 0.6 is 0 Å². The molecule has 24 heavy (non-hydrogen) atoms. The maximum Gasteiger partial charge on any atom is 0.231 e. The third kappa shape index (κ3) is 2.48. The molecule has 0 atom stereocenters. The monoisotopic (exact) mass is 316 g/mol. The molecule has 0 saturated carbocycles. The standard InChI is InChI=1S/C18H12N4O2/c19-11-15-16(8-6-13-4-2-1-3-5-13)22(21-20-15)14-7-9-17-18(10-14)24-12-23-17/h1-10H,12H2/b8-6+. The Hall–Kier alpha value is -3.59. The molecule has 0 N–H and O–H groups in total. The SMILES string of the molecule is N#Cc1nnn(-c2ccc3c(c2)OCO3)c1/C=C/c1ccccc1. The van der Waals surface area contributed by atoms with E-state index in [2.05, 4.69) is 16.4 Å². The average Bonchev–Trinajstić information content (AvgIpc) is 3.26. The van der Waals surface area contributed by atoms with E-state index in [1.165, 1.54) is 0 Å². The minimum Gasteiger partial charge on any atom is -0.454 e. The molecule has 0 spiro atoms. The van der Waals surface area contributed by atoms with Crippen LogP contribution < -0.4 is 9.47 Å². The quantitative estimate of drug-likeness (QED) is 0.742. The van der Waals surface area contributed by atoms with Gasteiger partial charge in [-0.15, -0.1) is 5.10 Å². The highest BCUT2D eigenvalue weighted by atomic mass is 16.7. The van der Waals surface area contributed by atoms with Gasteiger partial charge < -0.3 is 9.47 Å². The van der Waals surface area contributed by atoms with Crippen LogP contribution in [0.4, 0.5) is 0 Å². The summed E-state index contributed by atoms with van der Waals surface area (Å²) in [6, 6.07) is 17.4. The lowest BCUT2D eigenvalue weighted by Crippen LogP contribution is -1.99. The van der Waals surface area contributed by atoms with Crippen LogP contribution in [0, 0.1) is 11.3 Å². The van der Waals surface area contributed by atoms with Crippen molar-refractivity contribution in [2.45, 2.75) is 0 Å². The third-order valence-electron chi connectivity index (χ3n) is 3.64. The maximum atomic E-state index is 9.29. The fourth-order valence-electron chi connectivity index (χ4n) is 2.47. The molecule has 0 fully saturated rings. The van der Waals surface area contributed by atoms with E-state index in [1.54, 1.807) is 4.68 Å². The van der Waals surface area contributed by atoms with Crippen molar-refractivity contribution in [3.63, 3.8) is 0 Å². The zero-order valence-corrected chi connectivity index (χ0v) is 12.6.